The monoisotopic (exact) mass is 560 g/mol. The highest BCUT2D eigenvalue weighted by Gasteiger charge is 2.40. The van der Waals surface area contributed by atoms with Crippen molar-refractivity contribution in [3.63, 3.8) is 0 Å². The van der Waals surface area contributed by atoms with Crippen molar-refractivity contribution in [1.29, 1.82) is 0 Å². The van der Waals surface area contributed by atoms with Crippen LogP contribution in [0.2, 0.25) is 0 Å². The molecule has 1 atom stereocenters. The molecule has 10 nitrogen and oxygen atoms in total. The van der Waals surface area contributed by atoms with Gasteiger partial charge in [0.1, 0.15) is 18.4 Å². The number of nitrogens with zero attached hydrogens (tertiary/aromatic N) is 2. The van der Waals surface area contributed by atoms with E-state index in [9.17, 15) is 14.4 Å². The maximum atomic E-state index is 12.9. The molecule has 39 heavy (non-hydrogen) atoms. The van der Waals surface area contributed by atoms with E-state index in [0.29, 0.717) is 30.9 Å². The van der Waals surface area contributed by atoms with E-state index in [0.717, 1.165) is 49.1 Å². The predicted molar refractivity (Wildman–Crippen MR) is 153 cm³/mol. The number of benzene rings is 2. The number of rotatable bonds is 6. The van der Waals surface area contributed by atoms with Gasteiger partial charge >= 0.3 is 0 Å². The highest BCUT2D eigenvalue weighted by atomic mass is 32.1. The molecule has 2 aromatic carbocycles. The fourth-order valence-corrected chi connectivity index (χ4v) is 4.95. The van der Waals surface area contributed by atoms with E-state index in [1.807, 2.05) is 6.07 Å². The first-order valence-electron chi connectivity index (χ1n) is 13.1. The Morgan fingerprint density at radius 1 is 0.949 bits per heavy atom. The highest BCUT2D eigenvalue weighted by Crippen LogP contribution is 2.34. The maximum absolute atomic E-state index is 12.9. The first-order chi connectivity index (χ1) is 18.0. The number of thiol groups is 1. The fraction of sp³-hybridized carbons (Fsp3) is 0.464. The Morgan fingerprint density at radius 2 is 1.62 bits per heavy atom. The molecule has 0 aromatic heterocycles. The number of amides is 3. The summed E-state index contributed by atoms with van der Waals surface area (Å²) in [7, 11) is 0. The van der Waals surface area contributed by atoms with Crippen LogP contribution >= 0.6 is 12.6 Å². The van der Waals surface area contributed by atoms with Gasteiger partial charge in [0.25, 0.3) is 5.91 Å². The number of nitrogens with one attached hydrogen (secondary N) is 2. The molecule has 3 heterocycles. The minimum absolute atomic E-state index is 0. The van der Waals surface area contributed by atoms with Crippen LogP contribution in [0.15, 0.2) is 42.5 Å². The van der Waals surface area contributed by atoms with Gasteiger partial charge in [0.05, 0.1) is 6.54 Å². The number of imide groups is 1. The summed E-state index contributed by atoms with van der Waals surface area (Å²) in [6.07, 6.45) is 3.29. The molecule has 6 rings (SSSR count). The molecule has 3 aliphatic heterocycles. The summed E-state index contributed by atoms with van der Waals surface area (Å²) in [5.41, 5.74) is 3.70. The van der Waals surface area contributed by atoms with Gasteiger partial charge < -0.3 is 25.9 Å². The summed E-state index contributed by atoms with van der Waals surface area (Å²) in [6, 6.07) is 13.3. The lowest BCUT2D eigenvalue weighted by Gasteiger charge is -2.29. The zero-order chi connectivity index (χ0) is 25.8. The van der Waals surface area contributed by atoms with Crippen LogP contribution in [-0.2, 0) is 29.3 Å². The molecule has 214 valence electrons. The number of piperazine rings is 1. The number of fused-ring (bicyclic) bond motifs is 1. The Hall–Kier alpha value is -2.96. The summed E-state index contributed by atoms with van der Waals surface area (Å²) >= 11 is 4.08. The third-order valence-corrected chi connectivity index (χ3v) is 7.64. The first-order valence-corrected chi connectivity index (χ1v) is 13.6. The zero-order valence-electron chi connectivity index (χ0n) is 21.9. The average molecular weight is 561 g/mol. The second kappa shape index (κ2) is 13.9. The molecule has 0 radical (unpaired) electrons. The number of carbonyl (C=O) groups excluding carboxylic acids is 3. The van der Waals surface area contributed by atoms with Crippen LogP contribution < -0.4 is 15.4 Å². The second-order valence-corrected chi connectivity index (χ2v) is 10.8. The third kappa shape index (κ3) is 7.80. The van der Waals surface area contributed by atoms with Crippen LogP contribution in [0, 0.1) is 0 Å². The number of hydrogen-bond acceptors (Lipinski definition) is 7. The number of ether oxygens (including phenoxy) is 1. The van der Waals surface area contributed by atoms with E-state index in [-0.39, 0.29) is 30.6 Å². The normalized spacial score (nSPS) is 20.6. The molecule has 1 saturated carbocycles. The summed E-state index contributed by atoms with van der Waals surface area (Å²) in [6.45, 7) is 5.87. The lowest BCUT2D eigenvalue weighted by molar-refractivity contribution is -0.136. The lowest BCUT2D eigenvalue weighted by atomic mass is 10.0. The highest BCUT2D eigenvalue weighted by molar-refractivity contribution is 7.81. The summed E-state index contributed by atoms with van der Waals surface area (Å²) in [5, 5.41) is 6.49. The van der Waals surface area contributed by atoms with Gasteiger partial charge in [-0.1, -0.05) is 30.3 Å². The Morgan fingerprint density at radius 3 is 2.26 bits per heavy atom. The molecule has 2 saturated heterocycles. The van der Waals surface area contributed by atoms with Crippen molar-refractivity contribution in [3.8, 4) is 5.75 Å². The molecule has 11 heteroatoms. The molecular formula is C28H40N4O6S. The minimum atomic E-state index is -0.626. The van der Waals surface area contributed by atoms with Crippen molar-refractivity contribution in [2.45, 2.75) is 56.7 Å². The van der Waals surface area contributed by atoms with Crippen molar-refractivity contribution >= 4 is 30.4 Å². The Bertz CT molecular complexity index is 1160. The number of piperidine rings is 1. The van der Waals surface area contributed by atoms with Gasteiger partial charge in [-0.3, -0.25) is 24.6 Å². The van der Waals surface area contributed by atoms with E-state index in [2.05, 4.69) is 52.4 Å². The van der Waals surface area contributed by atoms with E-state index < -0.39 is 11.9 Å². The zero-order valence-corrected chi connectivity index (χ0v) is 22.8. The fourth-order valence-electron chi connectivity index (χ4n) is 4.80. The van der Waals surface area contributed by atoms with Gasteiger partial charge in [0, 0.05) is 56.9 Å². The van der Waals surface area contributed by atoms with E-state index in [1.54, 1.807) is 17.0 Å². The molecule has 6 N–H and O–H groups in total. The van der Waals surface area contributed by atoms with Crippen LogP contribution in [0.5, 0.6) is 5.75 Å². The van der Waals surface area contributed by atoms with E-state index >= 15 is 0 Å². The lowest BCUT2D eigenvalue weighted by Crippen LogP contribution is -2.52. The van der Waals surface area contributed by atoms with Crippen LogP contribution in [0.4, 0.5) is 0 Å². The van der Waals surface area contributed by atoms with Crippen molar-refractivity contribution in [1.82, 2.24) is 20.4 Å². The van der Waals surface area contributed by atoms with Crippen LogP contribution in [0.3, 0.4) is 0 Å². The maximum Gasteiger partial charge on any atom is 0.255 e. The summed E-state index contributed by atoms with van der Waals surface area (Å²) < 4.78 is 6.10. The van der Waals surface area contributed by atoms with Crippen LogP contribution in [-0.4, -0.2) is 75.9 Å². The molecule has 1 unspecified atom stereocenters. The SMILES string of the molecule is O.O.O=C1CCC(N2Cc3c(OCc4ccc(CN5CCNCC5)cc4)cccc3C2=O)C(=O)N1.SC1CC1.[HH]. The van der Waals surface area contributed by atoms with E-state index in [4.69, 9.17) is 4.74 Å². The largest absolute Gasteiger partial charge is 0.489 e. The van der Waals surface area contributed by atoms with Gasteiger partial charge in [-0.2, -0.15) is 12.6 Å². The van der Waals surface area contributed by atoms with Crippen molar-refractivity contribution in [3.05, 3.63) is 64.7 Å². The van der Waals surface area contributed by atoms with Gasteiger partial charge in [-0.15, -0.1) is 0 Å². The quantitative estimate of drug-likeness (QED) is 0.355. The Balaban J connectivity index is 0.000000738. The summed E-state index contributed by atoms with van der Waals surface area (Å²) in [5.74, 6) is -0.234. The molecular weight excluding hydrogens is 520 g/mol. The molecule has 3 amide bonds. The first kappa shape index (κ1) is 30.6. The van der Waals surface area contributed by atoms with Gasteiger partial charge in [0.15, 0.2) is 0 Å². The average Bonchev–Trinajstić information content (AvgIpc) is 3.62. The predicted octanol–water partition coefficient (Wildman–Crippen LogP) is 1.11. The third-order valence-electron chi connectivity index (χ3n) is 7.12. The number of carbonyl (C=O) groups is 3. The molecule has 0 bridgehead atoms. The standard InChI is InChI=1S/C25H28N4O4.C3H6S.2H2O.H2/c30-23-9-8-21(24(31)27-23)29-15-20-19(25(29)32)2-1-3-22(20)33-16-18-6-4-17(5-7-18)14-28-12-10-26-11-13-28;4-3-1-2-3;;;/h1-7,21,26H,8-16H2,(H,27,30,31);3-4H,1-2H2;2*1H2;1H. The molecule has 2 aromatic rings. The molecule has 4 aliphatic rings. The summed E-state index contributed by atoms with van der Waals surface area (Å²) in [4.78, 5) is 40.7. The topological polar surface area (TPSA) is 154 Å². The Labute approximate surface area is 235 Å². The minimum Gasteiger partial charge on any atom is -0.489 e. The van der Waals surface area contributed by atoms with Gasteiger partial charge in [0.2, 0.25) is 11.8 Å². The van der Waals surface area contributed by atoms with E-state index in [1.165, 1.54) is 18.4 Å². The van der Waals surface area contributed by atoms with Crippen LogP contribution in [0.25, 0.3) is 0 Å². The van der Waals surface area contributed by atoms with Crippen LogP contribution in [0.1, 0.15) is 54.2 Å². The molecule has 0 spiro atoms. The number of hydrogen-bond donors (Lipinski definition) is 3. The molecule has 1 aliphatic carbocycles. The smallest absolute Gasteiger partial charge is 0.255 e. The van der Waals surface area contributed by atoms with Gasteiger partial charge in [-0.25, -0.2) is 0 Å². The van der Waals surface area contributed by atoms with Crippen molar-refractivity contribution in [2.75, 3.05) is 26.2 Å². The van der Waals surface area contributed by atoms with Gasteiger partial charge in [-0.05, 0) is 42.5 Å². The Kier molecular flexibility index (Phi) is 10.9. The van der Waals surface area contributed by atoms with Crippen molar-refractivity contribution < 1.29 is 31.5 Å². The van der Waals surface area contributed by atoms with Crippen molar-refractivity contribution in [2.24, 2.45) is 0 Å². The molecule has 3 fully saturated rings. The second-order valence-electron chi connectivity index (χ2n) is 10.0.